The quantitative estimate of drug-likeness (QED) is 0.866. The van der Waals surface area contributed by atoms with Crippen molar-refractivity contribution in [3.8, 4) is 0 Å². The van der Waals surface area contributed by atoms with E-state index in [0.29, 0.717) is 6.04 Å². The third kappa shape index (κ3) is 3.73. The van der Waals surface area contributed by atoms with Crippen LogP contribution in [-0.2, 0) is 0 Å². The number of nitrogens with one attached hydrogen (secondary N) is 1. The van der Waals surface area contributed by atoms with Gasteiger partial charge in [0.15, 0.2) is 0 Å². The van der Waals surface area contributed by atoms with Crippen LogP contribution in [0.3, 0.4) is 0 Å². The molecule has 6 heteroatoms. The maximum atomic E-state index is 13.5. The van der Waals surface area contributed by atoms with E-state index < -0.39 is 0 Å². The van der Waals surface area contributed by atoms with Crippen molar-refractivity contribution in [1.29, 1.82) is 0 Å². The molecule has 3 rings (SSSR count). The number of carbonyl (C=O) groups excluding carboxylic acids is 1. The van der Waals surface area contributed by atoms with Crippen molar-refractivity contribution in [3.63, 3.8) is 0 Å². The highest BCUT2D eigenvalue weighted by atomic mass is 35.5. The van der Waals surface area contributed by atoms with Crippen LogP contribution < -0.4 is 5.32 Å². The Bertz CT molecular complexity index is 712. The number of hydrogen-bond donors (Lipinski definition) is 1. The molecular formula is C18H24ClFN2OS. The minimum Gasteiger partial charge on any atom is -0.335 e. The van der Waals surface area contributed by atoms with Crippen LogP contribution >= 0.6 is 23.7 Å². The van der Waals surface area contributed by atoms with E-state index >= 15 is 0 Å². The summed E-state index contributed by atoms with van der Waals surface area (Å²) in [5.74, 6) is -0.140. The first kappa shape index (κ1) is 19.2. The predicted molar refractivity (Wildman–Crippen MR) is 101 cm³/mol. The minimum atomic E-state index is -0.249. The lowest BCUT2D eigenvalue weighted by Crippen LogP contribution is -2.46. The van der Waals surface area contributed by atoms with Gasteiger partial charge in [-0.25, -0.2) is 4.39 Å². The molecule has 0 atom stereocenters. The number of piperidine rings is 1. The summed E-state index contributed by atoms with van der Waals surface area (Å²) < 4.78 is 14.5. The summed E-state index contributed by atoms with van der Waals surface area (Å²) in [5.41, 5.74) is 0.907. The summed E-state index contributed by atoms with van der Waals surface area (Å²) in [5, 5.41) is 4.21. The smallest absolute Gasteiger partial charge is 0.264 e. The molecule has 0 saturated carbocycles. The van der Waals surface area contributed by atoms with Gasteiger partial charge in [0.25, 0.3) is 5.91 Å². The second-order valence-electron chi connectivity index (χ2n) is 6.18. The fraction of sp³-hybridized carbons (Fsp3) is 0.500. The van der Waals surface area contributed by atoms with Crippen molar-refractivity contribution in [2.45, 2.75) is 39.2 Å². The molecular weight excluding hydrogens is 347 g/mol. The third-order valence-electron chi connectivity index (χ3n) is 4.57. The van der Waals surface area contributed by atoms with Crippen LogP contribution in [0.4, 0.5) is 4.39 Å². The van der Waals surface area contributed by atoms with E-state index in [1.54, 1.807) is 6.07 Å². The Balaban J connectivity index is 0.00000208. The fourth-order valence-corrected chi connectivity index (χ4v) is 4.48. The molecule has 0 radical (unpaired) electrons. The van der Waals surface area contributed by atoms with Gasteiger partial charge in [-0.15, -0.1) is 23.7 Å². The zero-order valence-electron chi connectivity index (χ0n) is 14.1. The standard InChI is InChI=1S/C18H23FN2OS.ClH/c1-3-10-21(14-6-8-20-9-7-14)18(22)17-12(2)15-11-13(19)4-5-16(15)23-17;/h4-5,11,14,20H,3,6-10H2,1-2H3;1H. The molecule has 0 bridgehead atoms. The highest BCUT2D eigenvalue weighted by molar-refractivity contribution is 7.21. The molecule has 132 valence electrons. The Hall–Kier alpha value is -1.17. The van der Waals surface area contributed by atoms with Crippen LogP contribution in [0.1, 0.15) is 41.4 Å². The largest absolute Gasteiger partial charge is 0.335 e. The topological polar surface area (TPSA) is 32.3 Å². The zero-order valence-corrected chi connectivity index (χ0v) is 15.7. The summed E-state index contributed by atoms with van der Waals surface area (Å²) in [6.45, 7) is 6.75. The Labute approximate surface area is 152 Å². The van der Waals surface area contributed by atoms with Gasteiger partial charge in [-0.1, -0.05) is 6.92 Å². The van der Waals surface area contributed by atoms with Gasteiger partial charge in [0.2, 0.25) is 0 Å². The van der Waals surface area contributed by atoms with Crippen molar-refractivity contribution in [2.75, 3.05) is 19.6 Å². The lowest BCUT2D eigenvalue weighted by molar-refractivity contribution is 0.0647. The average Bonchev–Trinajstić information content (AvgIpc) is 2.89. The Kier molecular flexibility index (Phi) is 6.61. The number of carbonyl (C=O) groups is 1. The van der Waals surface area contributed by atoms with Crippen molar-refractivity contribution >= 4 is 39.7 Å². The van der Waals surface area contributed by atoms with Crippen LogP contribution in [0.2, 0.25) is 0 Å². The normalized spacial score (nSPS) is 15.3. The Morgan fingerprint density at radius 2 is 2.08 bits per heavy atom. The molecule has 1 aliphatic rings. The number of thiophene rings is 1. The van der Waals surface area contributed by atoms with Gasteiger partial charge in [0, 0.05) is 17.3 Å². The van der Waals surface area contributed by atoms with Gasteiger partial charge >= 0.3 is 0 Å². The summed E-state index contributed by atoms with van der Waals surface area (Å²) in [6.07, 6.45) is 2.96. The molecule has 1 saturated heterocycles. The van der Waals surface area contributed by atoms with Crippen LogP contribution in [0.25, 0.3) is 10.1 Å². The van der Waals surface area contributed by atoms with Gasteiger partial charge < -0.3 is 10.2 Å². The summed E-state index contributed by atoms with van der Waals surface area (Å²) >= 11 is 1.49. The second kappa shape index (κ2) is 8.28. The number of nitrogens with zero attached hydrogens (tertiary/aromatic N) is 1. The zero-order chi connectivity index (χ0) is 16.4. The van der Waals surface area contributed by atoms with E-state index in [9.17, 15) is 9.18 Å². The van der Waals surface area contributed by atoms with Crippen molar-refractivity contribution in [2.24, 2.45) is 0 Å². The highest BCUT2D eigenvalue weighted by Gasteiger charge is 2.28. The average molecular weight is 371 g/mol. The molecule has 1 amide bonds. The van der Waals surface area contributed by atoms with E-state index in [0.717, 1.165) is 59.4 Å². The molecule has 2 aromatic rings. The molecule has 0 unspecified atom stereocenters. The number of benzene rings is 1. The summed E-state index contributed by atoms with van der Waals surface area (Å²) in [6, 6.07) is 5.08. The molecule has 2 heterocycles. The first-order valence-corrected chi connectivity index (χ1v) is 9.13. The molecule has 24 heavy (non-hydrogen) atoms. The number of rotatable bonds is 4. The maximum Gasteiger partial charge on any atom is 0.264 e. The number of fused-ring (bicyclic) bond motifs is 1. The molecule has 1 aromatic carbocycles. The summed E-state index contributed by atoms with van der Waals surface area (Å²) in [7, 11) is 0. The molecule has 1 aromatic heterocycles. The first-order chi connectivity index (χ1) is 11.1. The molecule has 1 aliphatic heterocycles. The molecule has 1 N–H and O–H groups in total. The van der Waals surface area contributed by atoms with E-state index in [2.05, 4.69) is 12.2 Å². The minimum absolute atomic E-state index is 0. The third-order valence-corrected chi connectivity index (χ3v) is 5.83. The van der Waals surface area contributed by atoms with Crippen molar-refractivity contribution in [3.05, 3.63) is 34.5 Å². The van der Waals surface area contributed by atoms with Crippen LogP contribution in [0, 0.1) is 12.7 Å². The first-order valence-electron chi connectivity index (χ1n) is 8.32. The van der Waals surface area contributed by atoms with Crippen molar-refractivity contribution < 1.29 is 9.18 Å². The predicted octanol–water partition coefficient (Wildman–Crippen LogP) is 4.37. The lowest BCUT2D eigenvalue weighted by Gasteiger charge is -2.34. The van der Waals surface area contributed by atoms with Gasteiger partial charge in [-0.05, 0) is 68.4 Å². The monoisotopic (exact) mass is 370 g/mol. The van der Waals surface area contributed by atoms with Gasteiger partial charge in [0.1, 0.15) is 5.82 Å². The number of aryl methyl sites for hydroxylation is 1. The second-order valence-corrected chi connectivity index (χ2v) is 7.23. The summed E-state index contributed by atoms with van der Waals surface area (Å²) in [4.78, 5) is 15.9. The molecule has 0 spiro atoms. The molecule has 0 aliphatic carbocycles. The number of hydrogen-bond acceptors (Lipinski definition) is 3. The Morgan fingerprint density at radius 1 is 1.38 bits per heavy atom. The SMILES string of the molecule is CCCN(C(=O)c1sc2ccc(F)cc2c1C)C1CCNCC1.Cl. The van der Waals surface area contributed by atoms with E-state index in [4.69, 9.17) is 0 Å². The molecule has 3 nitrogen and oxygen atoms in total. The van der Waals surface area contributed by atoms with Crippen LogP contribution in [0.5, 0.6) is 0 Å². The van der Waals surface area contributed by atoms with E-state index in [1.165, 1.54) is 23.5 Å². The maximum absolute atomic E-state index is 13.5. The van der Waals surface area contributed by atoms with Crippen molar-refractivity contribution in [1.82, 2.24) is 10.2 Å². The van der Waals surface area contributed by atoms with Gasteiger partial charge in [0.05, 0.1) is 4.88 Å². The van der Waals surface area contributed by atoms with Crippen LogP contribution in [0.15, 0.2) is 18.2 Å². The highest BCUT2D eigenvalue weighted by Crippen LogP contribution is 2.33. The van der Waals surface area contributed by atoms with Crippen LogP contribution in [-0.4, -0.2) is 36.5 Å². The van der Waals surface area contributed by atoms with E-state index in [-0.39, 0.29) is 24.1 Å². The van der Waals surface area contributed by atoms with Gasteiger partial charge in [-0.2, -0.15) is 0 Å². The molecule has 1 fully saturated rings. The van der Waals surface area contributed by atoms with Gasteiger partial charge in [-0.3, -0.25) is 4.79 Å². The Morgan fingerprint density at radius 3 is 2.75 bits per heavy atom. The number of amides is 1. The van der Waals surface area contributed by atoms with E-state index in [1.807, 2.05) is 11.8 Å². The lowest BCUT2D eigenvalue weighted by atomic mass is 10.0. The fourth-order valence-electron chi connectivity index (χ4n) is 3.34. The number of halogens is 2.